The Balaban J connectivity index is 5.11. The first-order valence-electron chi connectivity index (χ1n) is 9.59. The van der Waals surface area contributed by atoms with E-state index in [4.69, 9.17) is 0 Å². The van der Waals surface area contributed by atoms with Crippen LogP contribution >= 0.6 is 0 Å². The van der Waals surface area contributed by atoms with Crippen molar-refractivity contribution in [2.75, 3.05) is 0 Å². The molecule has 0 aromatic heterocycles. The molecule has 0 aliphatic heterocycles. The highest BCUT2D eigenvalue weighted by Gasteiger charge is 2.45. The number of rotatable bonds is 9. The van der Waals surface area contributed by atoms with Gasteiger partial charge in [-0.1, -0.05) is 107 Å². The van der Waals surface area contributed by atoms with E-state index >= 15 is 0 Å². The van der Waals surface area contributed by atoms with E-state index in [9.17, 15) is 0 Å². The zero-order chi connectivity index (χ0) is 18.0. The summed E-state index contributed by atoms with van der Waals surface area (Å²) in [5.41, 5.74) is 0.793. The van der Waals surface area contributed by atoms with Gasteiger partial charge in [-0.25, -0.2) is 0 Å². The Morgan fingerprint density at radius 3 is 1.64 bits per heavy atom. The molecule has 0 aromatic carbocycles. The second-order valence-electron chi connectivity index (χ2n) is 11.0. The predicted molar refractivity (Wildman–Crippen MR) is 106 cm³/mol. The maximum absolute atomic E-state index is 2.49. The first-order valence-corrected chi connectivity index (χ1v) is 9.59. The quantitative estimate of drug-likeness (QED) is 0.390. The van der Waals surface area contributed by atoms with Gasteiger partial charge in [0, 0.05) is 0 Å². The van der Waals surface area contributed by atoms with Crippen molar-refractivity contribution in [3.8, 4) is 0 Å². The summed E-state index contributed by atoms with van der Waals surface area (Å²) in [5, 5.41) is 0.746. The van der Waals surface area contributed by atoms with Gasteiger partial charge in [-0.3, -0.25) is 0 Å². The van der Waals surface area contributed by atoms with E-state index in [1.54, 1.807) is 0 Å². The van der Waals surface area contributed by atoms with Gasteiger partial charge in [-0.05, 0) is 29.1 Å². The predicted octanol–water partition coefficient (Wildman–Crippen LogP) is 7.35. The fraction of sp³-hybridized carbons (Fsp3) is 1.00. The van der Waals surface area contributed by atoms with E-state index in [1.807, 2.05) is 0 Å². The Morgan fingerprint density at radius 2 is 1.27 bits per heavy atom. The van der Waals surface area contributed by atoms with Crippen LogP contribution < -0.4 is 0 Å². The molecule has 0 amide bonds. The van der Waals surface area contributed by atoms with Crippen molar-refractivity contribution in [2.45, 2.75) is 113 Å². The third-order valence-electron chi connectivity index (χ3n) is 7.10. The van der Waals surface area contributed by atoms with Gasteiger partial charge < -0.3 is 0 Å². The van der Waals surface area contributed by atoms with Gasteiger partial charge in [0.2, 0.25) is 0 Å². The molecule has 0 radical (unpaired) electrons. The summed E-state index contributed by atoms with van der Waals surface area (Å²) >= 11 is 0. The van der Waals surface area contributed by atoms with E-state index in [-0.39, 0.29) is 0 Å². The molecule has 0 aromatic rings. The zero-order valence-electron chi connectivity index (χ0n) is 18.0. The topological polar surface area (TPSA) is 0 Å². The van der Waals surface area contributed by atoms with Crippen LogP contribution in [0.1, 0.15) is 102 Å². The Bertz CT molecular complexity index is 334. The van der Waals surface area contributed by atoms with E-state index in [0.29, 0.717) is 27.4 Å². The summed E-state index contributed by atoms with van der Waals surface area (Å²) in [6.07, 6.45) is 3.97. The molecule has 1 unspecified atom stereocenters. The van der Waals surface area contributed by atoms with Crippen molar-refractivity contribution in [1.29, 1.82) is 0 Å². The molecule has 0 rings (SSSR count). The highest BCUT2D eigenvalue weighted by atomic mass is 14.4. The summed E-state index contributed by atoms with van der Waals surface area (Å²) in [6.45, 7) is 29.3. The number of hydrogen-bond acceptors (Lipinski definition) is 0. The Labute approximate surface area is 143 Å². The average Bonchev–Trinajstić information content (AvgIpc) is 2.25. The van der Waals surface area contributed by atoms with Crippen molar-refractivity contribution >= 4 is 7.28 Å². The molecule has 0 nitrogen and oxygen atoms in total. The van der Waals surface area contributed by atoms with Gasteiger partial charge in [0.25, 0.3) is 0 Å². The standard InChI is InChI=1S/C21H45B/c1-13-14-17(4)18(5,6)15-19(7,8)22-21(11,12)20(9,10)16(2)3/h16-17,22H,13-15H2,1-12H3. The third-order valence-corrected chi connectivity index (χ3v) is 7.10. The molecular formula is C21H45B. The normalized spacial score (nSPS) is 16.0. The zero-order valence-corrected chi connectivity index (χ0v) is 18.0. The van der Waals surface area contributed by atoms with Crippen molar-refractivity contribution in [2.24, 2.45) is 22.7 Å². The summed E-state index contributed by atoms with van der Waals surface area (Å²) in [7, 11) is 1.30. The maximum Gasteiger partial charge on any atom is 0.134 e. The van der Waals surface area contributed by atoms with E-state index in [0.717, 1.165) is 5.92 Å². The lowest BCUT2D eigenvalue weighted by Gasteiger charge is -2.50. The Morgan fingerprint density at radius 1 is 0.818 bits per heavy atom. The molecule has 22 heavy (non-hydrogen) atoms. The van der Waals surface area contributed by atoms with Gasteiger partial charge in [0.15, 0.2) is 0 Å². The van der Waals surface area contributed by atoms with Crippen LogP contribution in [0.3, 0.4) is 0 Å². The molecule has 1 atom stereocenters. The summed E-state index contributed by atoms with van der Waals surface area (Å²) in [6, 6.07) is 0. The fourth-order valence-electron chi connectivity index (χ4n) is 4.50. The van der Waals surface area contributed by atoms with Crippen LogP contribution in [-0.2, 0) is 0 Å². The van der Waals surface area contributed by atoms with Crippen molar-refractivity contribution in [3.05, 3.63) is 0 Å². The van der Waals surface area contributed by atoms with Gasteiger partial charge in [0.1, 0.15) is 7.28 Å². The van der Waals surface area contributed by atoms with Crippen LogP contribution in [-0.4, -0.2) is 7.28 Å². The minimum absolute atomic E-state index is 0.356. The van der Waals surface area contributed by atoms with Gasteiger partial charge in [-0.15, -0.1) is 0 Å². The van der Waals surface area contributed by atoms with Gasteiger partial charge >= 0.3 is 0 Å². The van der Waals surface area contributed by atoms with Crippen molar-refractivity contribution in [1.82, 2.24) is 0 Å². The molecule has 0 aliphatic rings. The molecule has 132 valence electrons. The molecule has 0 spiro atoms. The molecule has 0 heterocycles. The Kier molecular flexibility index (Phi) is 7.33. The largest absolute Gasteiger partial charge is 0.134 e. The van der Waals surface area contributed by atoms with Crippen LogP contribution in [0.25, 0.3) is 0 Å². The van der Waals surface area contributed by atoms with Gasteiger partial charge in [-0.2, -0.15) is 0 Å². The second kappa shape index (κ2) is 7.31. The monoisotopic (exact) mass is 308 g/mol. The summed E-state index contributed by atoms with van der Waals surface area (Å²) in [4.78, 5) is 0. The lowest BCUT2D eigenvalue weighted by molar-refractivity contribution is 0.159. The molecule has 0 aliphatic carbocycles. The molecule has 0 saturated heterocycles. The van der Waals surface area contributed by atoms with Crippen molar-refractivity contribution in [3.63, 3.8) is 0 Å². The first kappa shape index (κ1) is 22.1. The van der Waals surface area contributed by atoms with Crippen LogP contribution in [0.5, 0.6) is 0 Å². The fourth-order valence-corrected chi connectivity index (χ4v) is 4.50. The third kappa shape index (κ3) is 5.61. The molecule has 0 saturated carbocycles. The lowest BCUT2D eigenvalue weighted by Crippen LogP contribution is -2.41. The molecule has 0 N–H and O–H groups in total. The summed E-state index contributed by atoms with van der Waals surface area (Å²) < 4.78 is 0. The minimum atomic E-state index is 0.356. The van der Waals surface area contributed by atoms with E-state index < -0.39 is 0 Å². The second-order valence-corrected chi connectivity index (χ2v) is 11.0. The SMILES string of the molecule is CCCC(C)C(C)(C)CC(C)(C)BC(C)(C)C(C)(C)C(C)C. The average molecular weight is 308 g/mol. The van der Waals surface area contributed by atoms with Crippen LogP contribution in [0.2, 0.25) is 10.6 Å². The minimum Gasteiger partial charge on any atom is -0.0668 e. The van der Waals surface area contributed by atoms with Crippen LogP contribution in [0, 0.1) is 22.7 Å². The molecular weight excluding hydrogens is 263 g/mol. The van der Waals surface area contributed by atoms with E-state index in [2.05, 4.69) is 83.1 Å². The maximum atomic E-state index is 2.49. The van der Waals surface area contributed by atoms with Crippen molar-refractivity contribution < 1.29 is 0 Å². The van der Waals surface area contributed by atoms with Gasteiger partial charge in [0.05, 0.1) is 0 Å². The van der Waals surface area contributed by atoms with Crippen LogP contribution in [0.4, 0.5) is 0 Å². The smallest absolute Gasteiger partial charge is 0.0668 e. The lowest BCUT2D eigenvalue weighted by atomic mass is 9.32. The van der Waals surface area contributed by atoms with E-state index in [1.165, 1.54) is 26.5 Å². The Hall–Kier alpha value is 0.0649. The summed E-state index contributed by atoms with van der Waals surface area (Å²) in [5.74, 6) is 1.52. The number of hydrogen-bond donors (Lipinski definition) is 0. The molecule has 1 heteroatoms. The highest BCUT2D eigenvalue weighted by Crippen LogP contribution is 2.55. The molecule has 0 bridgehead atoms. The highest BCUT2D eigenvalue weighted by molar-refractivity contribution is 6.44. The molecule has 0 fully saturated rings. The van der Waals surface area contributed by atoms with Crippen LogP contribution in [0.15, 0.2) is 0 Å². The first-order chi connectivity index (χ1) is 9.59.